The van der Waals surface area contributed by atoms with Crippen molar-refractivity contribution in [2.75, 3.05) is 5.73 Å². The predicted molar refractivity (Wildman–Crippen MR) is 81.9 cm³/mol. The summed E-state index contributed by atoms with van der Waals surface area (Å²) in [7, 11) is 0. The first-order valence-corrected chi connectivity index (χ1v) is 6.44. The van der Waals surface area contributed by atoms with Gasteiger partial charge in [-0.3, -0.25) is 4.79 Å². The van der Waals surface area contributed by atoms with Crippen LogP contribution in [0, 0.1) is 0 Å². The van der Waals surface area contributed by atoms with Gasteiger partial charge < -0.3 is 15.7 Å². The van der Waals surface area contributed by atoms with Gasteiger partial charge in [-0.25, -0.2) is 9.97 Å². The Labute approximate surface area is 118 Å². The summed E-state index contributed by atoms with van der Waals surface area (Å²) in [6, 6.07) is 11.4. The second-order valence-corrected chi connectivity index (χ2v) is 4.82. The Bertz CT molecular complexity index is 1030. The van der Waals surface area contributed by atoms with Gasteiger partial charge in [0, 0.05) is 0 Å². The van der Waals surface area contributed by atoms with Crippen molar-refractivity contribution in [3.05, 3.63) is 53.1 Å². The summed E-state index contributed by atoms with van der Waals surface area (Å²) in [4.78, 5) is 25.8. The number of imidazole rings is 1. The van der Waals surface area contributed by atoms with Gasteiger partial charge in [0.25, 0.3) is 5.56 Å². The molecule has 0 saturated carbocycles. The summed E-state index contributed by atoms with van der Waals surface area (Å²) >= 11 is 0. The monoisotopic (exact) mass is 277 g/mol. The number of aromatic nitrogens is 4. The molecule has 2 aromatic heterocycles. The number of rotatable bonds is 1. The van der Waals surface area contributed by atoms with Gasteiger partial charge in [-0.1, -0.05) is 12.1 Å². The highest BCUT2D eigenvalue weighted by Crippen LogP contribution is 2.25. The standard InChI is InChI=1S/C15H11N5O/c16-15-19-12-4-2-9(6-13(12)20-15)8-1-3-11-10(5-8)14(21)18-7-17-11/h1-7H,(H3,16,19,20)(H,17,18,21). The number of nitrogens with two attached hydrogens (primary N) is 1. The van der Waals surface area contributed by atoms with Crippen LogP contribution in [0.2, 0.25) is 0 Å². The number of nitrogen functional groups attached to an aromatic ring is 1. The third-order valence-corrected chi connectivity index (χ3v) is 3.47. The van der Waals surface area contributed by atoms with Gasteiger partial charge in [-0.05, 0) is 35.4 Å². The maximum Gasteiger partial charge on any atom is 0.258 e. The average Bonchev–Trinajstić information content (AvgIpc) is 2.86. The van der Waals surface area contributed by atoms with E-state index in [0.29, 0.717) is 16.9 Å². The summed E-state index contributed by atoms with van der Waals surface area (Å²) in [6.07, 6.45) is 1.41. The molecule has 0 fully saturated rings. The van der Waals surface area contributed by atoms with Gasteiger partial charge >= 0.3 is 0 Å². The number of anilines is 1. The van der Waals surface area contributed by atoms with Gasteiger partial charge in [0.15, 0.2) is 5.95 Å². The highest BCUT2D eigenvalue weighted by atomic mass is 16.1. The molecule has 0 aliphatic rings. The number of benzene rings is 2. The van der Waals surface area contributed by atoms with Crippen molar-refractivity contribution < 1.29 is 0 Å². The van der Waals surface area contributed by atoms with Crippen molar-refractivity contribution in [2.24, 2.45) is 0 Å². The first-order chi connectivity index (χ1) is 10.2. The van der Waals surface area contributed by atoms with Crippen molar-refractivity contribution >= 4 is 27.9 Å². The third kappa shape index (κ3) is 1.85. The number of nitrogens with one attached hydrogen (secondary N) is 2. The molecule has 102 valence electrons. The van der Waals surface area contributed by atoms with Gasteiger partial charge in [-0.2, -0.15) is 0 Å². The van der Waals surface area contributed by atoms with E-state index < -0.39 is 0 Å². The van der Waals surface area contributed by atoms with Crippen molar-refractivity contribution in [1.82, 2.24) is 19.9 Å². The summed E-state index contributed by atoms with van der Waals surface area (Å²) in [5.74, 6) is 0.390. The molecule has 6 nitrogen and oxygen atoms in total. The zero-order valence-corrected chi connectivity index (χ0v) is 10.9. The molecule has 0 aliphatic heterocycles. The Hall–Kier alpha value is -3.15. The van der Waals surface area contributed by atoms with E-state index in [1.54, 1.807) is 0 Å². The zero-order valence-electron chi connectivity index (χ0n) is 10.9. The van der Waals surface area contributed by atoms with E-state index in [2.05, 4.69) is 19.9 Å². The van der Waals surface area contributed by atoms with Crippen LogP contribution >= 0.6 is 0 Å². The molecule has 21 heavy (non-hydrogen) atoms. The molecule has 0 amide bonds. The van der Waals surface area contributed by atoms with Crippen LogP contribution in [-0.4, -0.2) is 19.9 Å². The van der Waals surface area contributed by atoms with Crippen LogP contribution in [0.3, 0.4) is 0 Å². The first kappa shape index (κ1) is 11.7. The average molecular weight is 277 g/mol. The minimum atomic E-state index is -0.145. The second kappa shape index (κ2) is 4.17. The van der Waals surface area contributed by atoms with Gasteiger partial charge in [-0.15, -0.1) is 0 Å². The predicted octanol–water partition coefficient (Wildman–Crippen LogP) is 2.05. The van der Waals surface area contributed by atoms with Crippen molar-refractivity contribution in [3.8, 4) is 11.1 Å². The zero-order chi connectivity index (χ0) is 14.4. The molecule has 0 unspecified atom stereocenters. The van der Waals surface area contributed by atoms with Crippen LogP contribution in [-0.2, 0) is 0 Å². The topological polar surface area (TPSA) is 100 Å². The molecule has 4 aromatic rings. The molecule has 2 aromatic carbocycles. The van der Waals surface area contributed by atoms with Crippen LogP contribution in [0.4, 0.5) is 5.95 Å². The molecule has 6 heteroatoms. The van der Waals surface area contributed by atoms with Crippen molar-refractivity contribution in [1.29, 1.82) is 0 Å². The summed E-state index contributed by atoms with van der Waals surface area (Å²) in [5, 5.41) is 0.569. The van der Waals surface area contributed by atoms with E-state index in [4.69, 9.17) is 5.73 Å². The van der Waals surface area contributed by atoms with Crippen molar-refractivity contribution in [3.63, 3.8) is 0 Å². The second-order valence-electron chi connectivity index (χ2n) is 4.82. The molecule has 0 bridgehead atoms. The molecular weight excluding hydrogens is 266 g/mol. The number of nitrogens with zero attached hydrogens (tertiary/aromatic N) is 2. The van der Waals surface area contributed by atoms with E-state index in [0.717, 1.165) is 22.2 Å². The number of hydrogen-bond donors (Lipinski definition) is 3. The van der Waals surface area contributed by atoms with Gasteiger partial charge in [0.05, 0.1) is 28.3 Å². The lowest BCUT2D eigenvalue weighted by Gasteiger charge is -2.03. The Balaban J connectivity index is 1.94. The van der Waals surface area contributed by atoms with E-state index >= 15 is 0 Å². The number of H-pyrrole nitrogens is 2. The van der Waals surface area contributed by atoms with E-state index in [-0.39, 0.29) is 5.56 Å². The molecule has 0 saturated heterocycles. The lowest BCUT2D eigenvalue weighted by atomic mass is 10.0. The quantitative estimate of drug-likeness (QED) is 0.495. The Morgan fingerprint density at radius 1 is 1.00 bits per heavy atom. The van der Waals surface area contributed by atoms with E-state index in [9.17, 15) is 4.79 Å². The van der Waals surface area contributed by atoms with Crippen LogP contribution in [0.15, 0.2) is 47.5 Å². The fraction of sp³-hybridized carbons (Fsp3) is 0. The third-order valence-electron chi connectivity index (χ3n) is 3.47. The van der Waals surface area contributed by atoms with E-state index in [1.807, 2.05) is 36.4 Å². The largest absolute Gasteiger partial charge is 0.369 e. The normalized spacial score (nSPS) is 11.2. The molecule has 4 N–H and O–H groups in total. The minimum Gasteiger partial charge on any atom is -0.369 e. The Morgan fingerprint density at radius 3 is 2.62 bits per heavy atom. The number of fused-ring (bicyclic) bond motifs is 2. The molecule has 0 aliphatic carbocycles. The minimum absolute atomic E-state index is 0.145. The molecule has 0 atom stereocenters. The molecular formula is C15H11N5O. The fourth-order valence-corrected chi connectivity index (χ4v) is 2.46. The van der Waals surface area contributed by atoms with Gasteiger partial charge in [0.1, 0.15) is 0 Å². The Kier molecular flexibility index (Phi) is 2.32. The summed E-state index contributed by atoms with van der Waals surface area (Å²) in [6.45, 7) is 0. The van der Waals surface area contributed by atoms with Gasteiger partial charge in [0.2, 0.25) is 0 Å². The highest BCUT2D eigenvalue weighted by Gasteiger charge is 2.06. The number of aromatic amines is 2. The summed E-state index contributed by atoms with van der Waals surface area (Å²) < 4.78 is 0. The molecule has 0 spiro atoms. The first-order valence-electron chi connectivity index (χ1n) is 6.44. The molecule has 2 heterocycles. The smallest absolute Gasteiger partial charge is 0.258 e. The van der Waals surface area contributed by atoms with Crippen LogP contribution < -0.4 is 11.3 Å². The lowest BCUT2D eigenvalue weighted by molar-refractivity contribution is 1.17. The highest BCUT2D eigenvalue weighted by molar-refractivity contribution is 5.87. The SMILES string of the molecule is Nc1nc2ccc(-c3ccc4nc[nH]c(=O)c4c3)cc2[nH]1. The molecule has 0 radical (unpaired) electrons. The van der Waals surface area contributed by atoms with Crippen LogP contribution in [0.5, 0.6) is 0 Å². The van der Waals surface area contributed by atoms with E-state index in [1.165, 1.54) is 6.33 Å². The van der Waals surface area contributed by atoms with Crippen LogP contribution in [0.25, 0.3) is 33.1 Å². The Morgan fingerprint density at radius 2 is 1.76 bits per heavy atom. The number of hydrogen-bond acceptors (Lipinski definition) is 4. The maximum atomic E-state index is 11.8. The maximum absolute atomic E-state index is 11.8. The van der Waals surface area contributed by atoms with Crippen molar-refractivity contribution in [2.45, 2.75) is 0 Å². The molecule has 4 rings (SSSR count). The summed E-state index contributed by atoms with van der Waals surface area (Å²) in [5.41, 5.74) is 9.79. The van der Waals surface area contributed by atoms with Crippen LogP contribution in [0.1, 0.15) is 0 Å². The lowest BCUT2D eigenvalue weighted by Crippen LogP contribution is -2.05. The fourth-order valence-electron chi connectivity index (χ4n) is 2.46.